The Labute approximate surface area is 175 Å². The molecule has 0 aliphatic carbocycles. The van der Waals surface area contributed by atoms with Gasteiger partial charge in [-0.1, -0.05) is 18.1 Å². The van der Waals surface area contributed by atoms with E-state index < -0.39 is 36.1 Å². The molecule has 10 nitrogen and oxygen atoms in total. The zero-order valence-electron chi connectivity index (χ0n) is 19.5. The number of benzene rings is 1. The molecule has 5 N–H and O–H groups in total. The Morgan fingerprint density at radius 3 is 2.77 bits per heavy atom. The number of nitrogens with one attached hydrogen (secondary N) is 1. The minimum absolute atomic E-state index is 0.00222. The molecule has 0 aliphatic rings. The third-order valence-corrected chi connectivity index (χ3v) is 4.12. The molecule has 4 rings (SSSR count). The number of ether oxygens (including phenoxy) is 1. The van der Waals surface area contributed by atoms with Crippen LogP contribution in [0.4, 0.5) is 26.5 Å². The molecular weight excluding hydrogens is 391 g/mol. The molecule has 3 aromatic heterocycles. The largest absolute Gasteiger partial charge is 0.453 e. The van der Waals surface area contributed by atoms with Gasteiger partial charge in [-0.2, -0.15) is 5.10 Å². The van der Waals surface area contributed by atoms with Gasteiger partial charge in [0, 0.05) is 11.8 Å². The summed E-state index contributed by atoms with van der Waals surface area (Å²) in [4.78, 5) is 24.1. The van der Waals surface area contributed by atoms with E-state index >= 15 is 0 Å². The number of aromatic nitrogens is 5. The van der Waals surface area contributed by atoms with Gasteiger partial charge < -0.3 is 16.2 Å². The maximum Gasteiger partial charge on any atom is 0.411 e. The Morgan fingerprint density at radius 1 is 1.30 bits per heavy atom. The molecule has 0 atom stereocenters. The van der Waals surface area contributed by atoms with Gasteiger partial charge >= 0.3 is 6.09 Å². The second-order valence-electron chi connectivity index (χ2n) is 5.98. The van der Waals surface area contributed by atoms with Crippen molar-refractivity contribution in [3.8, 4) is 11.5 Å². The predicted octanol–water partition coefficient (Wildman–Crippen LogP) is 2.42. The van der Waals surface area contributed by atoms with Crippen LogP contribution in [0.2, 0.25) is 0 Å². The number of hydrogen-bond donors (Lipinski definition) is 3. The minimum atomic E-state index is -1.09. The number of nitrogens with zero attached hydrogens (tertiary/aromatic N) is 5. The first-order valence-corrected chi connectivity index (χ1v) is 8.48. The van der Waals surface area contributed by atoms with Crippen molar-refractivity contribution >= 4 is 34.4 Å². The van der Waals surface area contributed by atoms with Crippen LogP contribution in [-0.2, 0) is 11.3 Å². The predicted molar refractivity (Wildman–Crippen MR) is 109 cm³/mol. The van der Waals surface area contributed by atoms with Gasteiger partial charge in [-0.25, -0.2) is 28.8 Å². The molecule has 0 bridgehead atoms. The van der Waals surface area contributed by atoms with Crippen molar-refractivity contribution in [1.82, 2.24) is 24.7 Å². The molecule has 0 aliphatic heterocycles. The van der Waals surface area contributed by atoms with Crippen LogP contribution < -0.4 is 16.8 Å². The monoisotopic (exact) mass is 412 g/mol. The standard InChI is InChI=1S/C19H17FN8O2/c1-30-19(29)24-14-15(21)25-17(26-16(14)22)13-11-6-4-8-23-18(11)28(27-13)9-10-5-2-3-7-12(10)20/h2-8H,9H2,1H3,(H,24,29)(H4,21,22,25,26)/i2D,3D,5D,7D. The Hall–Kier alpha value is -4.28. The number of nitrogens with two attached hydrogens (primary N) is 2. The highest BCUT2D eigenvalue weighted by Gasteiger charge is 2.20. The van der Waals surface area contributed by atoms with Crippen molar-refractivity contribution in [2.75, 3.05) is 23.9 Å². The van der Waals surface area contributed by atoms with Crippen molar-refractivity contribution in [2.45, 2.75) is 6.54 Å². The van der Waals surface area contributed by atoms with Gasteiger partial charge in [-0.05, 0) is 18.2 Å². The first-order chi connectivity index (χ1) is 16.1. The normalized spacial score (nSPS) is 12.7. The molecule has 0 spiro atoms. The second-order valence-corrected chi connectivity index (χ2v) is 5.98. The van der Waals surface area contributed by atoms with E-state index in [2.05, 4.69) is 30.1 Å². The van der Waals surface area contributed by atoms with Crippen LogP contribution >= 0.6 is 0 Å². The van der Waals surface area contributed by atoms with Crippen molar-refractivity contribution in [3.05, 3.63) is 53.9 Å². The molecule has 0 unspecified atom stereocenters. The molecule has 0 saturated heterocycles. The Kier molecular flexibility index (Phi) is 3.73. The summed E-state index contributed by atoms with van der Waals surface area (Å²) in [6.07, 6.45) is 0.664. The van der Waals surface area contributed by atoms with E-state index in [1.807, 2.05) is 0 Å². The number of nitrogen functional groups attached to an aromatic ring is 2. The quantitative estimate of drug-likeness (QED) is 0.463. The average molecular weight is 412 g/mol. The lowest BCUT2D eigenvalue weighted by Crippen LogP contribution is -2.16. The highest BCUT2D eigenvalue weighted by molar-refractivity contribution is 5.94. The SMILES string of the molecule is [2H]c1c([2H])c([2H])c(Cn2nc(-c3nc(N)c(NC(=O)OC)c(N)n3)c3cccnc32)c(F)c1[2H]. The molecule has 152 valence electrons. The maximum absolute atomic E-state index is 14.7. The van der Waals surface area contributed by atoms with E-state index in [9.17, 15) is 9.18 Å². The Balaban J connectivity index is 1.85. The third kappa shape index (κ3) is 3.43. The van der Waals surface area contributed by atoms with E-state index in [1.54, 1.807) is 12.1 Å². The van der Waals surface area contributed by atoms with Crippen molar-refractivity contribution in [2.24, 2.45) is 0 Å². The molecule has 1 amide bonds. The van der Waals surface area contributed by atoms with E-state index in [1.165, 1.54) is 18.0 Å². The fourth-order valence-electron chi connectivity index (χ4n) is 2.75. The summed E-state index contributed by atoms with van der Waals surface area (Å²) in [5, 5.41) is 7.17. The average Bonchev–Trinajstić information content (AvgIpc) is 3.19. The van der Waals surface area contributed by atoms with Crippen LogP contribution in [0, 0.1) is 5.82 Å². The summed E-state index contributed by atoms with van der Waals surface area (Å²) in [6, 6.07) is 0.751. The summed E-state index contributed by atoms with van der Waals surface area (Å²) >= 11 is 0. The van der Waals surface area contributed by atoms with Crippen molar-refractivity contribution in [1.29, 1.82) is 0 Å². The summed E-state index contributed by atoms with van der Waals surface area (Å²) in [6.45, 7) is -0.344. The molecule has 30 heavy (non-hydrogen) atoms. The molecular formula is C19H17FN8O2. The Morgan fingerprint density at radius 2 is 2.03 bits per heavy atom. The van der Waals surface area contributed by atoms with Gasteiger partial charge in [0.25, 0.3) is 0 Å². The van der Waals surface area contributed by atoms with E-state index in [4.69, 9.17) is 17.0 Å². The van der Waals surface area contributed by atoms with Crippen LogP contribution in [0.15, 0.2) is 42.5 Å². The lowest BCUT2D eigenvalue weighted by molar-refractivity contribution is 0.187. The molecule has 11 heteroatoms. The Bertz CT molecular complexity index is 1410. The van der Waals surface area contributed by atoms with Crippen LogP contribution in [-0.4, -0.2) is 37.9 Å². The zero-order chi connectivity index (χ0) is 24.7. The van der Waals surface area contributed by atoms with Gasteiger partial charge in [0.15, 0.2) is 23.1 Å². The zero-order valence-corrected chi connectivity index (χ0v) is 15.5. The first-order valence-electron chi connectivity index (χ1n) is 10.5. The fraction of sp³-hybridized carbons (Fsp3) is 0.105. The van der Waals surface area contributed by atoms with E-state index in [0.29, 0.717) is 5.39 Å². The van der Waals surface area contributed by atoms with Crippen molar-refractivity contribution in [3.63, 3.8) is 0 Å². The second kappa shape index (κ2) is 7.62. The minimum Gasteiger partial charge on any atom is -0.453 e. The maximum atomic E-state index is 14.7. The first kappa shape index (κ1) is 14.7. The van der Waals surface area contributed by atoms with Gasteiger partial charge in [-0.15, -0.1) is 0 Å². The smallest absolute Gasteiger partial charge is 0.411 e. The number of halogens is 1. The molecule has 1 aromatic carbocycles. The lowest BCUT2D eigenvalue weighted by atomic mass is 10.2. The number of rotatable bonds is 4. The summed E-state index contributed by atoms with van der Waals surface area (Å²) in [5.41, 5.74) is 12.0. The molecule has 0 fully saturated rings. The third-order valence-electron chi connectivity index (χ3n) is 4.12. The highest BCUT2D eigenvalue weighted by atomic mass is 19.1. The molecule has 0 saturated carbocycles. The van der Waals surface area contributed by atoms with E-state index in [-0.39, 0.29) is 46.6 Å². The van der Waals surface area contributed by atoms with Gasteiger partial charge in [0.2, 0.25) is 0 Å². The van der Waals surface area contributed by atoms with Crippen LogP contribution in [0.3, 0.4) is 0 Å². The molecule has 4 aromatic rings. The van der Waals surface area contributed by atoms with Gasteiger partial charge in [-0.3, -0.25) is 5.32 Å². The van der Waals surface area contributed by atoms with E-state index in [0.717, 1.165) is 0 Å². The van der Waals surface area contributed by atoms with Crippen LogP contribution in [0.1, 0.15) is 11.0 Å². The highest BCUT2D eigenvalue weighted by Crippen LogP contribution is 2.30. The fourth-order valence-corrected chi connectivity index (χ4v) is 2.75. The number of anilines is 3. The van der Waals surface area contributed by atoms with Crippen LogP contribution in [0.25, 0.3) is 22.6 Å². The number of hydrogen-bond acceptors (Lipinski definition) is 8. The summed E-state index contributed by atoms with van der Waals surface area (Å²) < 4.78 is 51.7. The summed E-state index contributed by atoms with van der Waals surface area (Å²) in [5.74, 6) is -1.39. The number of pyridine rings is 1. The number of fused-ring (bicyclic) bond motifs is 1. The van der Waals surface area contributed by atoms with Gasteiger partial charge in [0.05, 0.1) is 24.5 Å². The molecule has 3 heterocycles. The number of amides is 1. The number of carbonyl (C=O) groups is 1. The van der Waals surface area contributed by atoms with Gasteiger partial charge in [0.1, 0.15) is 17.2 Å². The summed E-state index contributed by atoms with van der Waals surface area (Å²) in [7, 11) is 1.17. The lowest BCUT2D eigenvalue weighted by Gasteiger charge is -2.10. The number of carbonyl (C=O) groups excluding carboxylic acids is 1. The van der Waals surface area contributed by atoms with Crippen molar-refractivity contribution < 1.29 is 19.4 Å². The molecule has 0 radical (unpaired) electrons. The number of methoxy groups -OCH3 is 1. The topological polar surface area (TPSA) is 147 Å². The van der Waals surface area contributed by atoms with Crippen LogP contribution in [0.5, 0.6) is 0 Å².